The first kappa shape index (κ1) is 21.7. The van der Waals surface area contributed by atoms with E-state index in [1.54, 1.807) is 42.2 Å². The van der Waals surface area contributed by atoms with Crippen LogP contribution in [0.25, 0.3) is 0 Å². The number of alkyl halides is 3. The van der Waals surface area contributed by atoms with Crippen LogP contribution in [-0.4, -0.2) is 47.1 Å². The molecule has 1 aromatic heterocycles. The standard InChI is InChI=1S/C22H21F3N4O3/c1-15-26-20(27-32-15)14-31-19-8-3-2-7-18(19)21(30)29-11-9-28(10-12-29)17-6-4-5-16(13-17)22(23,24)25/h2-8,13H,9-12,14H2,1H3. The fraction of sp³-hybridized carbons (Fsp3) is 0.318. The van der Waals surface area contributed by atoms with Crippen molar-refractivity contribution >= 4 is 11.6 Å². The van der Waals surface area contributed by atoms with Crippen molar-refractivity contribution in [3.63, 3.8) is 0 Å². The Morgan fingerprint density at radius 2 is 1.84 bits per heavy atom. The quantitative estimate of drug-likeness (QED) is 0.591. The molecule has 4 rings (SSSR count). The van der Waals surface area contributed by atoms with Crippen LogP contribution in [0.4, 0.5) is 18.9 Å². The number of piperazine rings is 1. The molecule has 0 N–H and O–H groups in total. The number of hydrogen-bond donors (Lipinski definition) is 0. The summed E-state index contributed by atoms with van der Waals surface area (Å²) in [6.07, 6.45) is -4.39. The van der Waals surface area contributed by atoms with Crippen LogP contribution in [0.3, 0.4) is 0 Å². The molecule has 0 saturated carbocycles. The minimum atomic E-state index is -4.39. The molecule has 168 valence electrons. The molecule has 1 fully saturated rings. The van der Waals surface area contributed by atoms with Crippen molar-refractivity contribution in [1.82, 2.24) is 15.0 Å². The molecule has 0 aliphatic carbocycles. The van der Waals surface area contributed by atoms with E-state index in [0.717, 1.165) is 12.1 Å². The molecule has 0 radical (unpaired) electrons. The van der Waals surface area contributed by atoms with E-state index in [1.165, 1.54) is 6.07 Å². The van der Waals surface area contributed by atoms with Gasteiger partial charge in [0.05, 0.1) is 11.1 Å². The summed E-state index contributed by atoms with van der Waals surface area (Å²) in [5.41, 5.74) is 0.211. The van der Waals surface area contributed by atoms with Gasteiger partial charge in [-0.1, -0.05) is 23.4 Å². The van der Waals surface area contributed by atoms with Gasteiger partial charge in [-0.2, -0.15) is 18.2 Å². The largest absolute Gasteiger partial charge is 0.485 e. The fourth-order valence-corrected chi connectivity index (χ4v) is 3.53. The van der Waals surface area contributed by atoms with Gasteiger partial charge < -0.3 is 19.1 Å². The lowest BCUT2D eigenvalue weighted by Gasteiger charge is -2.36. The molecule has 10 heteroatoms. The summed E-state index contributed by atoms with van der Waals surface area (Å²) in [6.45, 7) is 3.36. The summed E-state index contributed by atoms with van der Waals surface area (Å²) < 4.78 is 49.7. The van der Waals surface area contributed by atoms with Crippen LogP contribution >= 0.6 is 0 Å². The van der Waals surface area contributed by atoms with Gasteiger partial charge in [0.25, 0.3) is 5.91 Å². The van der Waals surface area contributed by atoms with E-state index in [-0.39, 0.29) is 12.5 Å². The third-order valence-electron chi connectivity index (χ3n) is 5.15. The maximum absolute atomic E-state index is 13.1. The zero-order valence-electron chi connectivity index (χ0n) is 17.3. The van der Waals surface area contributed by atoms with Gasteiger partial charge in [0, 0.05) is 38.8 Å². The summed E-state index contributed by atoms with van der Waals surface area (Å²) in [4.78, 5) is 20.7. The number of aromatic nitrogens is 2. The van der Waals surface area contributed by atoms with E-state index < -0.39 is 11.7 Å². The van der Waals surface area contributed by atoms with Crippen molar-refractivity contribution in [2.24, 2.45) is 0 Å². The Morgan fingerprint density at radius 1 is 1.09 bits per heavy atom. The zero-order valence-corrected chi connectivity index (χ0v) is 17.3. The van der Waals surface area contributed by atoms with Crippen LogP contribution in [0.15, 0.2) is 53.1 Å². The molecule has 2 heterocycles. The summed E-state index contributed by atoms with van der Waals surface area (Å²) in [5.74, 6) is 1.000. The number of halogens is 3. The predicted octanol–water partition coefficient (Wildman–Crippen LogP) is 3.94. The third-order valence-corrected chi connectivity index (χ3v) is 5.15. The number of amides is 1. The second-order valence-corrected chi connectivity index (χ2v) is 7.34. The lowest BCUT2D eigenvalue weighted by atomic mass is 10.1. The highest BCUT2D eigenvalue weighted by Gasteiger charge is 2.31. The van der Waals surface area contributed by atoms with Crippen LogP contribution in [0.5, 0.6) is 5.75 Å². The van der Waals surface area contributed by atoms with Gasteiger partial charge in [-0.25, -0.2) is 0 Å². The third kappa shape index (κ3) is 4.84. The topological polar surface area (TPSA) is 71.7 Å². The van der Waals surface area contributed by atoms with Crippen molar-refractivity contribution in [2.75, 3.05) is 31.1 Å². The normalized spacial score (nSPS) is 14.5. The van der Waals surface area contributed by atoms with E-state index in [1.807, 2.05) is 4.90 Å². The van der Waals surface area contributed by atoms with Gasteiger partial charge in [0.15, 0.2) is 6.61 Å². The number of para-hydroxylation sites is 1. The van der Waals surface area contributed by atoms with Crippen molar-refractivity contribution in [3.05, 3.63) is 71.4 Å². The Kier molecular flexibility index (Phi) is 6.02. The van der Waals surface area contributed by atoms with Crippen LogP contribution in [0, 0.1) is 6.92 Å². The first-order valence-electron chi connectivity index (χ1n) is 10.0. The minimum Gasteiger partial charge on any atom is -0.485 e. The lowest BCUT2D eigenvalue weighted by Crippen LogP contribution is -2.48. The number of nitrogens with zero attached hydrogens (tertiary/aromatic N) is 4. The molecular formula is C22H21F3N4O3. The summed E-state index contributed by atoms with van der Waals surface area (Å²) >= 11 is 0. The number of rotatable bonds is 5. The Hall–Kier alpha value is -3.56. The molecule has 0 bridgehead atoms. The van der Waals surface area contributed by atoms with Gasteiger partial charge in [-0.05, 0) is 30.3 Å². The Balaban J connectivity index is 1.41. The maximum atomic E-state index is 13.1. The molecule has 0 atom stereocenters. The van der Waals surface area contributed by atoms with Crippen molar-refractivity contribution in [2.45, 2.75) is 19.7 Å². The first-order chi connectivity index (χ1) is 15.3. The minimum absolute atomic E-state index is 0.0605. The highest BCUT2D eigenvalue weighted by Crippen LogP contribution is 2.32. The van der Waals surface area contributed by atoms with Gasteiger partial charge in [0.2, 0.25) is 11.7 Å². The monoisotopic (exact) mass is 446 g/mol. The SMILES string of the molecule is Cc1nc(COc2ccccc2C(=O)N2CCN(c3cccc(C(F)(F)F)c3)CC2)no1. The summed E-state index contributed by atoms with van der Waals surface area (Å²) in [6, 6.07) is 12.1. The molecule has 1 amide bonds. The second kappa shape index (κ2) is 8.89. The van der Waals surface area contributed by atoms with Crippen LogP contribution in [0.1, 0.15) is 27.6 Å². The van der Waals surface area contributed by atoms with Gasteiger partial charge in [0.1, 0.15) is 5.75 Å². The van der Waals surface area contributed by atoms with Crippen LogP contribution < -0.4 is 9.64 Å². The maximum Gasteiger partial charge on any atom is 0.416 e. The lowest BCUT2D eigenvalue weighted by molar-refractivity contribution is -0.137. The number of carbonyl (C=O) groups is 1. The molecule has 3 aromatic rings. The number of hydrogen-bond acceptors (Lipinski definition) is 6. The number of anilines is 1. The van der Waals surface area contributed by atoms with Gasteiger partial charge in [-0.3, -0.25) is 4.79 Å². The smallest absolute Gasteiger partial charge is 0.416 e. The van der Waals surface area contributed by atoms with Gasteiger partial charge in [-0.15, -0.1) is 0 Å². The van der Waals surface area contributed by atoms with E-state index in [4.69, 9.17) is 9.26 Å². The molecular weight excluding hydrogens is 425 g/mol. The number of benzene rings is 2. The molecule has 0 unspecified atom stereocenters. The number of ether oxygens (including phenoxy) is 1. The van der Waals surface area contributed by atoms with E-state index in [2.05, 4.69) is 10.1 Å². The molecule has 7 nitrogen and oxygen atoms in total. The molecule has 32 heavy (non-hydrogen) atoms. The average Bonchev–Trinajstić information content (AvgIpc) is 3.22. The Morgan fingerprint density at radius 3 is 2.53 bits per heavy atom. The Bertz CT molecular complexity index is 1090. The number of carbonyl (C=O) groups excluding carboxylic acids is 1. The summed E-state index contributed by atoms with van der Waals surface area (Å²) in [5, 5.41) is 3.77. The number of aryl methyl sites for hydroxylation is 1. The summed E-state index contributed by atoms with van der Waals surface area (Å²) in [7, 11) is 0. The van der Waals surface area contributed by atoms with E-state index in [0.29, 0.717) is 54.9 Å². The molecule has 1 aliphatic rings. The zero-order chi connectivity index (χ0) is 22.7. The van der Waals surface area contributed by atoms with Crippen molar-refractivity contribution in [3.8, 4) is 5.75 Å². The first-order valence-corrected chi connectivity index (χ1v) is 10.0. The van der Waals surface area contributed by atoms with Crippen LogP contribution in [-0.2, 0) is 12.8 Å². The van der Waals surface area contributed by atoms with E-state index in [9.17, 15) is 18.0 Å². The van der Waals surface area contributed by atoms with Crippen LogP contribution in [0.2, 0.25) is 0 Å². The van der Waals surface area contributed by atoms with E-state index >= 15 is 0 Å². The fourth-order valence-electron chi connectivity index (χ4n) is 3.53. The van der Waals surface area contributed by atoms with Crippen molar-refractivity contribution in [1.29, 1.82) is 0 Å². The Labute approximate surface area is 182 Å². The molecule has 2 aromatic carbocycles. The highest BCUT2D eigenvalue weighted by atomic mass is 19.4. The predicted molar refractivity (Wildman–Crippen MR) is 109 cm³/mol. The van der Waals surface area contributed by atoms with Crippen molar-refractivity contribution < 1.29 is 27.2 Å². The molecule has 1 aliphatic heterocycles. The molecule has 1 saturated heterocycles. The van der Waals surface area contributed by atoms with Gasteiger partial charge >= 0.3 is 6.18 Å². The molecule has 0 spiro atoms. The average molecular weight is 446 g/mol. The second-order valence-electron chi connectivity index (χ2n) is 7.34. The highest BCUT2D eigenvalue weighted by molar-refractivity contribution is 5.97.